The van der Waals surface area contributed by atoms with Gasteiger partial charge in [-0.25, -0.2) is 4.39 Å². The number of anilines is 1. The molecule has 1 aliphatic rings. The van der Waals surface area contributed by atoms with Crippen LogP contribution in [0.15, 0.2) is 18.2 Å². The van der Waals surface area contributed by atoms with Gasteiger partial charge in [-0.2, -0.15) is 0 Å². The molecule has 3 N–H and O–H groups in total. The molecule has 1 saturated heterocycles. The number of benzene rings is 1. The van der Waals surface area contributed by atoms with Crippen LogP contribution in [0.4, 0.5) is 10.1 Å². The first-order valence-corrected chi connectivity index (χ1v) is 6.47. The number of hydrogen-bond donors (Lipinski definition) is 2. The lowest BCUT2D eigenvalue weighted by atomic mass is 10.0. The smallest absolute Gasteiger partial charge is 0.146 e. The van der Waals surface area contributed by atoms with Crippen molar-refractivity contribution in [3.8, 4) is 0 Å². The Labute approximate surface area is 107 Å². The Bertz CT molecular complexity index is 422. The lowest BCUT2D eigenvalue weighted by molar-refractivity contribution is 0.244. The molecular formula is C14H21FN2O. The average Bonchev–Trinajstić information content (AvgIpc) is 2.70. The van der Waals surface area contributed by atoms with Crippen LogP contribution in [-0.2, 0) is 0 Å². The van der Waals surface area contributed by atoms with Crippen molar-refractivity contribution in [1.82, 2.24) is 0 Å². The van der Waals surface area contributed by atoms with Crippen molar-refractivity contribution in [2.45, 2.75) is 32.4 Å². The number of nitrogens with two attached hydrogens (primary N) is 1. The highest BCUT2D eigenvalue weighted by Gasteiger charge is 2.32. The van der Waals surface area contributed by atoms with Crippen molar-refractivity contribution in [2.24, 2.45) is 11.7 Å². The average molecular weight is 252 g/mol. The number of aliphatic hydroxyl groups excluding tert-OH is 1. The molecule has 0 saturated carbocycles. The maximum absolute atomic E-state index is 14.1. The van der Waals surface area contributed by atoms with Crippen LogP contribution in [0.1, 0.15) is 31.9 Å². The molecule has 1 aromatic carbocycles. The third kappa shape index (κ3) is 2.35. The fourth-order valence-electron chi connectivity index (χ4n) is 2.63. The maximum atomic E-state index is 14.1. The van der Waals surface area contributed by atoms with E-state index in [1.165, 1.54) is 6.07 Å². The molecule has 0 radical (unpaired) electrons. The van der Waals surface area contributed by atoms with Gasteiger partial charge in [0.15, 0.2) is 0 Å². The Morgan fingerprint density at radius 1 is 1.56 bits per heavy atom. The van der Waals surface area contributed by atoms with E-state index in [9.17, 15) is 9.50 Å². The molecule has 4 heteroatoms. The summed E-state index contributed by atoms with van der Waals surface area (Å²) in [6.07, 6.45) is 0.986. The molecule has 3 nitrogen and oxygen atoms in total. The molecule has 2 rings (SSSR count). The van der Waals surface area contributed by atoms with Crippen LogP contribution in [-0.4, -0.2) is 24.3 Å². The van der Waals surface area contributed by atoms with Crippen molar-refractivity contribution in [3.63, 3.8) is 0 Å². The fraction of sp³-hybridized carbons (Fsp3) is 0.571. The molecule has 1 aromatic rings. The van der Waals surface area contributed by atoms with Crippen molar-refractivity contribution in [1.29, 1.82) is 0 Å². The van der Waals surface area contributed by atoms with E-state index in [2.05, 4.69) is 6.92 Å². The fourth-order valence-corrected chi connectivity index (χ4v) is 2.63. The molecule has 1 aliphatic heterocycles. The van der Waals surface area contributed by atoms with Gasteiger partial charge < -0.3 is 15.7 Å². The molecule has 0 aromatic heterocycles. The van der Waals surface area contributed by atoms with Gasteiger partial charge in [-0.3, -0.25) is 0 Å². The zero-order chi connectivity index (χ0) is 13.3. The molecule has 0 aliphatic carbocycles. The number of nitrogens with zero attached hydrogens (tertiary/aromatic N) is 1. The molecule has 0 amide bonds. The predicted molar refractivity (Wildman–Crippen MR) is 71.0 cm³/mol. The largest absolute Gasteiger partial charge is 0.394 e. The van der Waals surface area contributed by atoms with Gasteiger partial charge >= 0.3 is 0 Å². The Morgan fingerprint density at radius 2 is 2.28 bits per heavy atom. The second-order valence-electron chi connectivity index (χ2n) is 5.21. The van der Waals surface area contributed by atoms with Gasteiger partial charge in [0.25, 0.3) is 0 Å². The number of rotatable bonds is 3. The van der Waals surface area contributed by atoms with E-state index in [1.54, 1.807) is 6.07 Å². The summed E-state index contributed by atoms with van der Waals surface area (Å²) in [6, 6.07) is 4.98. The van der Waals surface area contributed by atoms with E-state index in [-0.39, 0.29) is 24.5 Å². The van der Waals surface area contributed by atoms with Gasteiger partial charge in [-0.1, -0.05) is 13.0 Å². The van der Waals surface area contributed by atoms with E-state index < -0.39 is 0 Å². The highest BCUT2D eigenvalue weighted by molar-refractivity contribution is 5.51. The number of halogens is 1. The third-order valence-electron chi connectivity index (χ3n) is 3.88. The summed E-state index contributed by atoms with van der Waals surface area (Å²) >= 11 is 0. The third-order valence-corrected chi connectivity index (χ3v) is 3.88. The van der Waals surface area contributed by atoms with Gasteiger partial charge in [0.1, 0.15) is 5.82 Å². The summed E-state index contributed by atoms with van der Waals surface area (Å²) in [5, 5.41) is 9.42. The quantitative estimate of drug-likeness (QED) is 0.865. The summed E-state index contributed by atoms with van der Waals surface area (Å²) in [5.74, 6) is 0.139. The van der Waals surface area contributed by atoms with Crippen molar-refractivity contribution in [2.75, 3.05) is 18.1 Å². The van der Waals surface area contributed by atoms with E-state index in [0.29, 0.717) is 11.6 Å². The first kappa shape index (κ1) is 13.3. The Hall–Kier alpha value is -1.13. The molecule has 100 valence electrons. The lowest BCUT2D eigenvalue weighted by Crippen LogP contribution is -2.35. The molecule has 0 bridgehead atoms. The molecular weight excluding hydrogens is 231 g/mol. The number of hydrogen-bond acceptors (Lipinski definition) is 3. The minimum atomic E-state index is -0.252. The van der Waals surface area contributed by atoms with Crippen LogP contribution >= 0.6 is 0 Å². The van der Waals surface area contributed by atoms with Crippen LogP contribution in [0.25, 0.3) is 0 Å². The van der Waals surface area contributed by atoms with Crippen LogP contribution in [0, 0.1) is 11.7 Å². The molecule has 1 heterocycles. The Kier molecular flexibility index (Phi) is 3.88. The highest BCUT2D eigenvalue weighted by atomic mass is 19.1. The van der Waals surface area contributed by atoms with Crippen LogP contribution in [0.2, 0.25) is 0 Å². The minimum absolute atomic E-state index is 0.0145. The van der Waals surface area contributed by atoms with Gasteiger partial charge in [0.2, 0.25) is 0 Å². The van der Waals surface area contributed by atoms with E-state index >= 15 is 0 Å². The second-order valence-corrected chi connectivity index (χ2v) is 5.21. The second kappa shape index (κ2) is 5.24. The maximum Gasteiger partial charge on any atom is 0.146 e. The van der Waals surface area contributed by atoms with Crippen LogP contribution in [0.5, 0.6) is 0 Å². The lowest BCUT2D eigenvalue weighted by Gasteiger charge is -2.28. The van der Waals surface area contributed by atoms with Crippen LogP contribution < -0.4 is 10.6 Å². The summed E-state index contributed by atoms with van der Waals surface area (Å²) < 4.78 is 14.1. The molecule has 3 atom stereocenters. The van der Waals surface area contributed by atoms with Crippen molar-refractivity contribution < 1.29 is 9.50 Å². The molecule has 0 spiro atoms. The van der Waals surface area contributed by atoms with Crippen LogP contribution in [0.3, 0.4) is 0 Å². The molecule has 18 heavy (non-hydrogen) atoms. The summed E-state index contributed by atoms with van der Waals surface area (Å²) in [5.41, 5.74) is 7.11. The first-order valence-electron chi connectivity index (χ1n) is 6.47. The standard InChI is InChI=1S/C14H21FN2O/c1-9-5-6-17(14(9)8-18)13-4-3-11(10(2)16)7-12(13)15/h3-4,7,9-10,14,18H,5-6,8,16H2,1-2H3. The first-order chi connectivity index (χ1) is 8.54. The molecule has 3 unspecified atom stereocenters. The highest BCUT2D eigenvalue weighted by Crippen LogP contribution is 2.32. The van der Waals surface area contributed by atoms with Gasteiger partial charge in [0, 0.05) is 12.6 Å². The molecule has 1 fully saturated rings. The Balaban J connectivity index is 2.28. The Morgan fingerprint density at radius 3 is 2.83 bits per heavy atom. The van der Waals surface area contributed by atoms with Gasteiger partial charge in [-0.05, 0) is 37.0 Å². The number of aliphatic hydroxyl groups is 1. The monoisotopic (exact) mass is 252 g/mol. The summed E-state index contributed by atoms with van der Waals surface area (Å²) in [7, 11) is 0. The van der Waals surface area contributed by atoms with E-state index in [0.717, 1.165) is 18.5 Å². The SMILES string of the molecule is CC(N)c1ccc(N2CCC(C)C2CO)c(F)c1. The minimum Gasteiger partial charge on any atom is -0.394 e. The normalized spacial score (nSPS) is 25.5. The summed E-state index contributed by atoms with van der Waals surface area (Å²) in [6.45, 7) is 4.79. The van der Waals surface area contributed by atoms with Gasteiger partial charge in [-0.15, -0.1) is 0 Å². The van der Waals surface area contributed by atoms with E-state index in [4.69, 9.17) is 5.73 Å². The van der Waals surface area contributed by atoms with Gasteiger partial charge in [0.05, 0.1) is 18.3 Å². The predicted octanol–water partition coefficient (Wildman–Crippen LogP) is 2.05. The van der Waals surface area contributed by atoms with Crippen molar-refractivity contribution >= 4 is 5.69 Å². The zero-order valence-corrected chi connectivity index (χ0v) is 10.9. The topological polar surface area (TPSA) is 49.5 Å². The zero-order valence-electron chi connectivity index (χ0n) is 10.9. The summed E-state index contributed by atoms with van der Waals surface area (Å²) in [4.78, 5) is 1.96. The van der Waals surface area contributed by atoms with Crippen molar-refractivity contribution in [3.05, 3.63) is 29.6 Å². The van der Waals surface area contributed by atoms with E-state index in [1.807, 2.05) is 17.9 Å².